The van der Waals surface area contributed by atoms with Crippen molar-refractivity contribution >= 4 is 21.4 Å². The van der Waals surface area contributed by atoms with E-state index in [0.717, 1.165) is 10.9 Å². The molecule has 1 aromatic carbocycles. The summed E-state index contributed by atoms with van der Waals surface area (Å²) in [6, 6.07) is 7.03. The second-order valence-corrected chi connectivity index (χ2v) is 7.32. The molecule has 1 N–H and O–H groups in total. The number of hydrogen-bond donors (Lipinski definition) is 1. The van der Waals surface area contributed by atoms with E-state index >= 15 is 0 Å². The highest BCUT2D eigenvalue weighted by Crippen LogP contribution is 2.22. The van der Waals surface area contributed by atoms with E-state index in [1.807, 2.05) is 17.5 Å². The standard InChI is InChI=1S/C14H12FN3O4S2/c1-21-11-5-4-9(7-10(11)15)24(19,20)16-8-13-17-14(18-22-13)12-3-2-6-23-12/h2-7,16H,8H2,1H3. The Morgan fingerprint density at radius 3 is 2.88 bits per heavy atom. The van der Waals surface area contributed by atoms with E-state index in [1.165, 1.54) is 30.6 Å². The summed E-state index contributed by atoms with van der Waals surface area (Å²) in [5.74, 6) is -0.310. The van der Waals surface area contributed by atoms with Gasteiger partial charge in [0.25, 0.3) is 0 Å². The highest BCUT2D eigenvalue weighted by atomic mass is 32.2. The molecule has 0 bridgehead atoms. The maximum atomic E-state index is 13.6. The van der Waals surface area contributed by atoms with E-state index in [1.54, 1.807) is 0 Å². The smallest absolute Gasteiger partial charge is 0.242 e. The molecular formula is C14H12FN3O4S2. The van der Waals surface area contributed by atoms with Crippen molar-refractivity contribution < 1.29 is 22.1 Å². The first kappa shape index (κ1) is 16.6. The van der Waals surface area contributed by atoms with Gasteiger partial charge in [0.2, 0.25) is 21.7 Å². The summed E-state index contributed by atoms with van der Waals surface area (Å²) < 4.78 is 50.1. The predicted molar refractivity (Wildman–Crippen MR) is 84.6 cm³/mol. The van der Waals surface area contributed by atoms with Crippen molar-refractivity contribution in [2.24, 2.45) is 0 Å². The molecule has 3 aromatic rings. The van der Waals surface area contributed by atoms with Crippen LogP contribution in [0.5, 0.6) is 5.75 Å². The summed E-state index contributed by atoms with van der Waals surface area (Å²) in [4.78, 5) is 4.69. The number of halogens is 1. The number of benzene rings is 1. The van der Waals surface area contributed by atoms with Crippen LogP contribution in [0.1, 0.15) is 5.89 Å². The number of methoxy groups -OCH3 is 1. The van der Waals surface area contributed by atoms with E-state index < -0.39 is 15.8 Å². The van der Waals surface area contributed by atoms with Crippen LogP contribution in [0.2, 0.25) is 0 Å². The Bertz CT molecular complexity index is 939. The molecule has 0 aliphatic carbocycles. The van der Waals surface area contributed by atoms with Crippen LogP contribution in [-0.2, 0) is 16.6 Å². The fraction of sp³-hybridized carbons (Fsp3) is 0.143. The van der Waals surface area contributed by atoms with Gasteiger partial charge in [-0.25, -0.2) is 17.5 Å². The minimum atomic E-state index is -3.92. The van der Waals surface area contributed by atoms with Crippen LogP contribution >= 0.6 is 11.3 Å². The van der Waals surface area contributed by atoms with E-state index in [4.69, 9.17) is 9.26 Å². The fourth-order valence-electron chi connectivity index (χ4n) is 1.89. The van der Waals surface area contributed by atoms with Gasteiger partial charge in [0.05, 0.1) is 23.4 Å². The number of aromatic nitrogens is 2. The van der Waals surface area contributed by atoms with Gasteiger partial charge in [0.1, 0.15) is 0 Å². The van der Waals surface area contributed by atoms with Gasteiger partial charge in [-0.1, -0.05) is 11.2 Å². The lowest BCUT2D eigenvalue weighted by Gasteiger charge is -2.06. The van der Waals surface area contributed by atoms with Gasteiger partial charge < -0.3 is 9.26 Å². The highest BCUT2D eigenvalue weighted by molar-refractivity contribution is 7.89. The molecule has 0 saturated heterocycles. The molecule has 0 saturated carbocycles. The van der Waals surface area contributed by atoms with Crippen molar-refractivity contribution in [3.05, 3.63) is 47.4 Å². The quantitative estimate of drug-likeness (QED) is 0.717. The number of hydrogen-bond acceptors (Lipinski definition) is 7. The molecule has 3 rings (SSSR count). The Hall–Kier alpha value is -2.30. The van der Waals surface area contributed by atoms with E-state index in [2.05, 4.69) is 14.9 Å². The van der Waals surface area contributed by atoms with Crippen molar-refractivity contribution in [1.29, 1.82) is 0 Å². The Kier molecular flexibility index (Phi) is 4.60. The monoisotopic (exact) mass is 369 g/mol. The summed E-state index contributed by atoms with van der Waals surface area (Å²) in [6.45, 7) is -0.200. The number of rotatable bonds is 6. The molecule has 24 heavy (non-hydrogen) atoms. The largest absolute Gasteiger partial charge is 0.494 e. The number of nitrogens with zero attached hydrogens (tertiary/aromatic N) is 2. The lowest BCUT2D eigenvalue weighted by molar-refractivity contribution is 0.376. The topological polar surface area (TPSA) is 94.3 Å². The lowest BCUT2D eigenvalue weighted by atomic mass is 10.3. The maximum absolute atomic E-state index is 13.6. The first-order valence-corrected chi connectivity index (χ1v) is 9.05. The van der Waals surface area contributed by atoms with Crippen molar-refractivity contribution in [3.8, 4) is 16.5 Å². The lowest BCUT2D eigenvalue weighted by Crippen LogP contribution is -2.23. The Morgan fingerprint density at radius 1 is 1.38 bits per heavy atom. The third-order valence-electron chi connectivity index (χ3n) is 3.06. The predicted octanol–water partition coefficient (Wildman–Crippen LogP) is 2.42. The van der Waals surface area contributed by atoms with Gasteiger partial charge in [-0.05, 0) is 29.6 Å². The summed E-state index contributed by atoms with van der Waals surface area (Å²) in [5.41, 5.74) is 0. The SMILES string of the molecule is COc1ccc(S(=O)(=O)NCc2nc(-c3cccs3)no2)cc1F. The number of nitrogens with one attached hydrogen (secondary N) is 1. The van der Waals surface area contributed by atoms with Crippen molar-refractivity contribution in [2.45, 2.75) is 11.4 Å². The minimum Gasteiger partial charge on any atom is -0.494 e. The third kappa shape index (κ3) is 3.45. The third-order valence-corrected chi connectivity index (χ3v) is 5.32. The summed E-state index contributed by atoms with van der Waals surface area (Å²) >= 11 is 1.44. The zero-order chi connectivity index (χ0) is 17.2. The van der Waals surface area contributed by atoms with Crippen LogP contribution in [0.4, 0.5) is 4.39 Å². The molecule has 2 aromatic heterocycles. The molecule has 0 unspecified atom stereocenters. The zero-order valence-electron chi connectivity index (χ0n) is 12.4. The molecule has 7 nitrogen and oxygen atoms in total. The van der Waals surface area contributed by atoms with Crippen LogP contribution in [0.25, 0.3) is 10.7 Å². The second-order valence-electron chi connectivity index (χ2n) is 4.61. The van der Waals surface area contributed by atoms with Crippen molar-refractivity contribution in [2.75, 3.05) is 7.11 Å². The van der Waals surface area contributed by atoms with Gasteiger partial charge >= 0.3 is 0 Å². The van der Waals surface area contributed by atoms with Crippen molar-refractivity contribution in [3.63, 3.8) is 0 Å². The molecule has 126 valence electrons. The average Bonchev–Trinajstić information content (AvgIpc) is 3.24. The molecule has 0 aliphatic rings. The molecule has 2 heterocycles. The molecule has 0 atom stereocenters. The summed E-state index contributed by atoms with van der Waals surface area (Å²) in [7, 11) is -2.62. The normalized spacial score (nSPS) is 11.6. The second kappa shape index (κ2) is 6.67. The molecule has 10 heteroatoms. The van der Waals surface area contributed by atoms with Gasteiger partial charge in [-0.2, -0.15) is 4.98 Å². The van der Waals surface area contributed by atoms with Crippen LogP contribution < -0.4 is 9.46 Å². The van der Waals surface area contributed by atoms with Gasteiger partial charge in [0.15, 0.2) is 11.6 Å². The summed E-state index contributed by atoms with van der Waals surface area (Å²) in [5, 5.41) is 5.65. The number of sulfonamides is 1. The van der Waals surface area contributed by atoms with Crippen LogP contribution in [0.3, 0.4) is 0 Å². The molecule has 0 aliphatic heterocycles. The van der Waals surface area contributed by atoms with Gasteiger partial charge in [-0.3, -0.25) is 0 Å². The first-order valence-electron chi connectivity index (χ1n) is 6.69. The average molecular weight is 369 g/mol. The molecule has 0 radical (unpaired) electrons. The van der Waals surface area contributed by atoms with Gasteiger partial charge in [-0.15, -0.1) is 11.3 Å². The highest BCUT2D eigenvalue weighted by Gasteiger charge is 2.18. The molecule has 0 fully saturated rings. The van der Waals surface area contributed by atoms with E-state index in [-0.39, 0.29) is 23.1 Å². The van der Waals surface area contributed by atoms with E-state index in [9.17, 15) is 12.8 Å². The first-order chi connectivity index (χ1) is 11.5. The summed E-state index contributed by atoms with van der Waals surface area (Å²) in [6.07, 6.45) is 0. The van der Waals surface area contributed by atoms with Crippen LogP contribution in [0, 0.1) is 5.82 Å². The Morgan fingerprint density at radius 2 is 2.21 bits per heavy atom. The molecule has 0 spiro atoms. The molecular weight excluding hydrogens is 357 g/mol. The Labute approximate surface area is 141 Å². The number of ether oxygens (including phenoxy) is 1. The van der Waals surface area contributed by atoms with Gasteiger partial charge in [0, 0.05) is 0 Å². The fourth-order valence-corrected chi connectivity index (χ4v) is 3.52. The molecule has 0 amide bonds. The van der Waals surface area contributed by atoms with E-state index in [0.29, 0.717) is 5.82 Å². The van der Waals surface area contributed by atoms with Crippen molar-refractivity contribution in [1.82, 2.24) is 14.9 Å². The Balaban J connectivity index is 1.72. The minimum absolute atomic E-state index is 0.0357. The van der Waals surface area contributed by atoms with Crippen LogP contribution in [0.15, 0.2) is 45.1 Å². The maximum Gasteiger partial charge on any atom is 0.242 e. The zero-order valence-corrected chi connectivity index (χ0v) is 14.0. The van der Waals surface area contributed by atoms with Crippen LogP contribution in [-0.4, -0.2) is 25.7 Å². The number of thiophene rings is 1.